The molecule has 4 N–H and O–H groups in total. The average Bonchev–Trinajstić information content (AvgIpc) is 2.94. The van der Waals surface area contributed by atoms with Gasteiger partial charge in [-0.05, 0) is 42.0 Å². The molecule has 1 aliphatic carbocycles. The molecule has 0 bridgehead atoms. The van der Waals surface area contributed by atoms with Crippen molar-refractivity contribution in [1.82, 2.24) is 0 Å². The van der Waals surface area contributed by atoms with Crippen LogP contribution in [0.4, 0.5) is 22.7 Å². The van der Waals surface area contributed by atoms with Gasteiger partial charge in [0, 0.05) is 29.4 Å². The van der Waals surface area contributed by atoms with Gasteiger partial charge < -0.3 is 29.8 Å². The molecule has 196 valence electrons. The molecule has 3 aromatic carbocycles. The summed E-state index contributed by atoms with van der Waals surface area (Å²) in [7, 11) is 4.51. The number of fused-ring (bicyclic) bond motifs is 1. The first-order chi connectivity index (χ1) is 18.5. The van der Waals surface area contributed by atoms with Gasteiger partial charge >= 0.3 is 0 Å². The smallest absolute Gasteiger partial charge is 0.213 e. The standard InChI is InChI=1S/C27H27N5O6/c1-35-24-13-18(38-11-10-33)6-9-20(24)29-31-22-14-26(37-3)23(15-25(22)36-2)32-30-21-8-4-16-12-17(28)5-7-19(16)27(21)34/h4-9,12-15,32-33H,10-11,28H2,1-3H3/b30-21-,31-29+. The molecule has 0 fully saturated rings. The van der Waals surface area contributed by atoms with Crippen molar-refractivity contribution in [1.29, 1.82) is 0 Å². The Kier molecular flexibility index (Phi) is 8.19. The van der Waals surface area contributed by atoms with Crippen LogP contribution in [0.15, 0.2) is 69.9 Å². The summed E-state index contributed by atoms with van der Waals surface area (Å²) in [5.74, 6) is 1.55. The van der Waals surface area contributed by atoms with Crippen molar-refractivity contribution in [2.75, 3.05) is 45.7 Å². The molecule has 0 atom stereocenters. The number of ether oxygens (including phenoxy) is 4. The number of aliphatic hydroxyl groups excluding tert-OH is 1. The van der Waals surface area contributed by atoms with Crippen LogP contribution in [0.5, 0.6) is 23.0 Å². The van der Waals surface area contributed by atoms with Gasteiger partial charge in [0.05, 0.1) is 27.9 Å². The Balaban J connectivity index is 1.58. The van der Waals surface area contributed by atoms with E-state index in [1.165, 1.54) is 21.3 Å². The van der Waals surface area contributed by atoms with Crippen LogP contribution in [0.3, 0.4) is 0 Å². The minimum Gasteiger partial charge on any atom is -0.494 e. The molecule has 0 aliphatic heterocycles. The van der Waals surface area contributed by atoms with Crippen molar-refractivity contribution in [3.05, 3.63) is 65.7 Å². The number of methoxy groups -OCH3 is 3. The summed E-state index contributed by atoms with van der Waals surface area (Å²) in [5, 5.41) is 21.8. The molecule has 11 heteroatoms. The van der Waals surface area contributed by atoms with Crippen LogP contribution >= 0.6 is 0 Å². The topological polar surface area (TPSA) is 149 Å². The van der Waals surface area contributed by atoms with Crippen molar-refractivity contribution in [2.24, 2.45) is 15.3 Å². The fourth-order valence-corrected chi connectivity index (χ4v) is 3.67. The van der Waals surface area contributed by atoms with Crippen LogP contribution < -0.4 is 30.1 Å². The number of hydrazone groups is 1. The Morgan fingerprint density at radius 3 is 2.34 bits per heavy atom. The number of Topliss-reactive ketones (excluding diaryl/α,β-unsaturated/α-hetero) is 1. The van der Waals surface area contributed by atoms with E-state index in [2.05, 4.69) is 20.8 Å². The highest BCUT2D eigenvalue weighted by Gasteiger charge is 2.20. The van der Waals surface area contributed by atoms with E-state index >= 15 is 0 Å². The number of hydrogen-bond acceptors (Lipinski definition) is 11. The zero-order valence-electron chi connectivity index (χ0n) is 21.1. The first-order valence-corrected chi connectivity index (χ1v) is 11.5. The normalized spacial score (nSPS) is 13.5. The number of nitrogens with zero attached hydrogens (tertiary/aromatic N) is 3. The Labute approximate surface area is 219 Å². The first kappa shape index (κ1) is 26.2. The van der Waals surface area contributed by atoms with Crippen LogP contribution in [0.2, 0.25) is 0 Å². The molecule has 11 nitrogen and oxygen atoms in total. The predicted octanol–water partition coefficient (Wildman–Crippen LogP) is 4.76. The predicted molar refractivity (Wildman–Crippen MR) is 145 cm³/mol. The summed E-state index contributed by atoms with van der Waals surface area (Å²) in [6.45, 7) is 0.0687. The third-order valence-electron chi connectivity index (χ3n) is 5.55. The van der Waals surface area contributed by atoms with E-state index in [9.17, 15) is 4.79 Å². The van der Waals surface area contributed by atoms with Crippen LogP contribution in [0.1, 0.15) is 15.9 Å². The summed E-state index contributed by atoms with van der Waals surface area (Å²) in [6, 6.07) is 13.4. The number of allylic oxidation sites excluding steroid dienone is 1. The minimum absolute atomic E-state index is 0.0978. The number of rotatable bonds is 10. The lowest BCUT2D eigenvalue weighted by Gasteiger charge is -2.14. The molecule has 0 radical (unpaired) electrons. The summed E-state index contributed by atoms with van der Waals surface area (Å²) < 4.78 is 21.8. The third kappa shape index (κ3) is 5.73. The lowest BCUT2D eigenvalue weighted by atomic mass is 9.94. The second kappa shape index (κ2) is 11.9. The lowest BCUT2D eigenvalue weighted by Crippen LogP contribution is -2.18. The Hall–Kier alpha value is -4.90. The molecular weight excluding hydrogens is 490 g/mol. The number of nitrogen functional groups attached to an aromatic ring is 1. The summed E-state index contributed by atoms with van der Waals surface area (Å²) in [5.41, 5.74) is 12.1. The molecule has 38 heavy (non-hydrogen) atoms. The van der Waals surface area contributed by atoms with E-state index in [0.29, 0.717) is 51.3 Å². The SMILES string of the molecule is COc1cc(OCCO)ccc1/N=N/c1cc(OC)c(N/N=C2/C=Cc3cc(N)ccc3C2=O)cc1OC. The largest absolute Gasteiger partial charge is 0.494 e. The Morgan fingerprint density at radius 2 is 1.61 bits per heavy atom. The molecule has 0 amide bonds. The number of nitrogens with two attached hydrogens (primary N) is 1. The fourth-order valence-electron chi connectivity index (χ4n) is 3.67. The molecule has 0 saturated carbocycles. The van der Waals surface area contributed by atoms with Gasteiger partial charge in [0.25, 0.3) is 0 Å². The van der Waals surface area contributed by atoms with E-state index in [1.807, 2.05) is 0 Å². The maximum absolute atomic E-state index is 12.9. The van der Waals surface area contributed by atoms with Gasteiger partial charge in [-0.15, -0.1) is 10.2 Å². The van der Waals surface area contributed by atoms with Crippen LogP contribution in [0, 0.1) is 0 Å². The van der Waals surface area contributed by atoms with Crippen LogP contribution in [-0.4, -0.2) is 51.1 Å². The van der Waals surface area contributed by atoms with E-state index in [1.54, 1.807) is 60.7 Å². The summed E-state index contributed by atoms with van der Waals surface area (Å²) in [6.07, 6.45) is 3.41. The quantitative estimate of drug-likeness (QED) is 0.198. The summed E-state index contributed by atoms with van der Waals surface area (Å²) in [4.78, 5) is 12.9. The Bertz CT molecular complexity index is 1430. The highest BCUT2D eigenvalue weighted by atomic mass is 16.5. The molecule has 0 heterocycles. The number of carbonyl (C=O) groups is 1. The molecular formula is C27H27N5O6. The van der Waals surface area contributed by atoms with Crippen molar-refractivity contribution in [3.8, 4) is 23.0 Å². The number of ketones is 1. The zero-order valence-corrected chi connectivity index (χ0v) is 21.1. The van der Waals surface area contributed by atoms with Crippen molar-refractivity contribution < 1.29 is 28.8 Å². The number of azo groups is 1. The van der Waals surface area contributed by atoms with Gasteiger partial charge in [0.15, 0.2) is 0 Å². The number of aliphatic hydroxyl groups is 1. The van der Waals surface area contributed by atoms with Gasteiger partial charge in [0.1, 0.15) is 52.4 Å². The average molecular weight is 518 g/mol. The second-order valence-corrected chi connectivity index (χ2v) is 7.95. The summed E-state index contributed by atoms with van der Waals surface area (Å²) >= 11 is 0. The Morgan fingerprint density at radius 1 is 0.868 bits per heavy atom. The minimum atomic E-state index is -0.229. The molecule has 0 saturated heterocycles. The van der Waals surface area contributed by atoms with E-state index in [4.69, 9.17) is 29.8 Å². The second-order valence-electron chi connectivity index (χ2n) is 7.95. The molecule has 0 unspecified atom stereocenters. The first-order valence-electron chi connectivity index (χ1n) is 11.5. The van der Waals surface area contributed by atoms with Crippen molar-refractivity contribution in [3.63, 3.8) is 0 Å². The van der Waals surface area contributed by atoms with Crippen molar-refractivity contribution in [2.45, 2.75) is 0 Å². The molecule has 4 rings (SSSR count). The van der Waals surface area contributed by atoms with Crippen molar-refractivity contribution >= 4 is 40.3 Å². The van der Waals surface area contributed by atoms with Gasteiger partial charge in [-0.1, -0.05) is 6.08 Å². The molecule has 3 aromatic rings. The van der Waals surface area contributed by atoms with Gasteiger partial charge in [0.2, 0.25) is 5.78 Å². The fraction of sp³-hybridized carbons (Fsp3) is 0.185. The van der Waals surface area contributed by atoms with Gasteiger partial charge in [-0.25, -0.2) is 0 Å². The monoisotopic (exact) mass is 517 g/mol. The highest BCUT2D eigenvalue weighted by Crippen LogP contribution is 2.40. The van der Waals surface area contributed by atoms with Gasteiger partial charge in [-0.3, -0.25) is 10.2 Å². The number of benzene rings is 3. The number of hydrogen-bond donors (Lipinski definition) is 3. The maximum Gasteiger partial charge on any atom is 0.213 e. The zero-order chi connectivity index (χ0) is 27.1. The van der Waals surface area contributed by atoms with Crippen LogP contribution in [-0.2, 0) is 0 Å². The maximum atomic E-state index is 12.9. The number of anilines is 2. The molecule has 1 aliphatic rings. The highest BCUT2D eigenvalue weighted by molar-refractivity contribution is 6.52. The van der Waals surface area contributed by atoms with E-state index < -0.39 is 0 Å². The van der Waals surface area contributed by atoms with Crippen LogP contribution in [0.25, 0.3) is 6.08 Å². The third-order valence-corrected chi connectivity index (χ3v) is 5.55. The number of nitrogens with one attached hydrogen (secondary N) is 1. The molecule has 0 aromatic heterocycles. The van der Waals surface area contributed by atoms with E-state index in [-0.39, 0.29) is 24.7 Å². The number of carbonyl (C=O) groups excluding carboxylic acids is 1. The van der Waals surface area contributed by atoms with Gasteiger partial charge in [-0.2, -0.15) is 5.10 Å². The molecule has 0 spiro atoms. The van der Waals surface area contributed by atoms with E-state index in [0.717, 1.165) is 5.56 Å². The lowest BCUT2D eigenvalue weighted by molar-refractivity contribution is 0.106.